The number of carbonyl (C=O) groups is 1. The molecule has 3 aromatic carbocycles. The number of aryl methyl sites for hydroxylation is 1. The fourth-order valence-electron chi connectivity index (χ4n) is 2.81. The van der Waals surface area contributed by atoms with Gasteiger partial charge in [-0.25, -0.2) is 0 Å². The topological polar surface area (TPSA) is 195 Å². The van der Waals surface area contributed by atoms with E-state index in [-0.39, 0.29) is 34.1 Å². The summed E-state index contributed by atoms with van der Waals surface area (Å²) in [4.78, 5) is 10.4. The molecule has 14 heteroatoms. The monoisotopic (exact) mass is 518 g/mol. The normalized spacial score (nSPS) is 12.6. The lowest BCUT2D eigenvalue weighted by atomic mass is 10.2. The van der Waals surface area contributed by atoms with Crippen LogP contribution >= 0.6 is 0 Å². The van der Waals surface area contributed by atoms with Crippen LogP contribution in [0.5, 0.6) is 5.75 Å². The molecule has 12 nitrogen and oxygen atoms in total. The van der Waals surface area contributed by atoms with E-state index in [1.165, 1.54) is 6.92 Å². The van der Waals surface area contributed by atoms with Crippen molar-refractivity contribution < 1.29 is 35.8 Å². The first-order valence-corrected chi connectivity index (χ1v) is 12.5. The Kier molecular flexibility index (Phi) is 7.40. The van der Waals surface area contributed by atoms with Gasteiger partial charge in [0, 0.05) is 11.1 Å². The molecule has 0 saturated heterocycles. The highest BCUT2D eigenvalue weighted by molar-refractivity contribution is 7.86. The number of aromatic hydroxyl groups is 1. The van der Waals surface area contributed by atoms with Gasteiger partial charge in [-0.05, 0) is 42.8 Å². The van der Waals surface area contributed by atoms with Gasteiger partial charge in [-0.2, -0.15) is 21.9 Å². The molecule has 0 heterocycles. The number of benzene rings is 3. The Morgan fingerprint density at radius 2 is 1.57 bits per heavy atom. The molecule has 0 radical (unpaired) electrons. The number of anilines is 1. The number of rotatable bonds is 7. The molecular formula is C21H18N4O8S2. The van der Waals surface area contributed by atoms with Gasteiger partial charge in [0.2, 0.25) is 5.84 Å². The van der Waals surface area contributed by atoms with Gasteiger partial charge in [0.1, 0.15) is 5.75 Å². The van der Waals surface area contributed by atoms with Crippen LogP contribution in [0.15, 0.2) is 85.8 Å². The van der Waals surface area contributed by atoms with Gasteiger partial charge in [0.05, 0.1) is 21.2 Å². The summed E-state index contributed by atoms with van der Waals surface area (Å²) < 4.78 is 64.1. The highest BCUT2D eigenvalue weighted by Crippen LogP contribution is 2.31. The van der Waals surface area contributed by atoms with Gasteiger partial charge in [0.15, 0.2) is 6.29 Å². The van der Waals surface area contributed by atoms with Crippen LogP contribution < -0.4 is 5.43 Å². The Morgan fingerprint density at radius 3 is 2.17 bits per heavy atom. The van der Waals surface area contributed by atoms with Gasteiger partial charge < -0.3 is 5.11 Å². The highest BCUT2D eigenvalue weighted by atomic mass is 32.2. The molecule has 0 bridgehead atoms. The maximum Gasteiger partial charge on any atom is 0.294 e. The quantitative estimate of drug-likeness (QED) is 0.0687. The summed E-state index contributed by atoms with van der Waals surface area (Å²) in [5.41, 5.74) is 2.73. The first-order valence-electron chi connectivity index (χ1n) is 9.59. The Balaban J connectivity index is 2.05. The second kappa shape index (κ2) is 10.1. The molecule has 0 aliphatic heterocycles. The zero-order valence-corrected chi connectivity index (χ0v) is 19.5. The molecule has 0 fully saturated rings. The largest absolute Gasteiger partial charge is 0.505 e. The van der Waals surface area contributed by atoms with E-state index in [1.807, 2.05) is 0 Å². The van der Waals surface area contributed by atoms with Crippen LogP contribution in [0.4, 0.5) is 11.4 Å². The van der Waals surface area contributed by atoms with Crippen molar-refractivity contribution in [2.45, 2.75) is 16.7 Å². The third-order valence-electron chi connectivity index (χ3n) is 4.56. The fraction of sp³-hybridized carbons (Fsp3) is 0.0476. The summed E-state index contributed by atoms with van der Waals surface area (Å²) in [6.07, 6.45) is 0.336. The van der Waals surface area contributed by atoms with Crippen molar-refractivity contribution in [3.8, 4) is 5.75 Å². The van der Waals surface area contributed by atoms with E-state index >= 15 is 0 Å². The summed E-state index contributed by atoms with van der Waals surface area (Å²) in [7, 11) is -9.10. The van der Waals surface area contributed by atoms with Crippen LogP contribution in [-0.4, -0.2) is 43.2 Å². The Morgan fingerprint density at radius 1 is 0.914 bits per heavy atom. The number of amidine groups is 1. The van der Waals surface area contributed by atoms with Gasteiger partial charge in [0.25, 0.3) is 20.2 Å². The third kappa shape index (κ3) is 6.33. The maximum atomic E-state index is 11.5. The van der Waals surface area contributed by atoms with Crippen molar-refractivity contribution in [1.29, 1.82) is 0 Å². The molecule has 182 valence electrons. The van der Waals surface area contributed by atoms with Crippen LogP contribution in [0.2, 0.25) is 0 Å². The molecule has 0 atom stereocenters. The summed E-state index contributed by atoms with van der Waals surface area (Å²) in [5, 5.41) is 22.3. The average Bonchev–Trinajstić information content (AvgIpc) is 2.80. The molecule has 0 aliphatic rings. The number of nitrogens with zero attached hydrogens (tertiary/aromatic N) is 3. The second-order valence-electron chi connectivity index (χ2n) is 7.04. The van der Waals surface area contributed by atoms with Crippen molar-refractivity contribution in [2.75, 3.05) is 5.43 Å². The third-order valence-corrected chi connectivity index (χ3v) is 6.24. The smallest absolute Gasteiger partial charge is 0.294 e. The van der Waals surface area contributed by atoms with Crippen LogP contribution in [-0.2, 0) is 20.2 Å². The highest BCUT2D eigenvalue weighted by Gasteiger charge is 2.16. The zero-order valence-electron chi connectivity index (χ0n) is 17.9. The second-order valence-corrected chi connectivity index (χ2v) is 9.88. The SMILES string of the molecule is Cc1cc(S(=O)(=O)O)cc(N/N=C(\N=Nc2ccc(S(=O)(=O)O)cc2C=O)c2ccccc2)c1O. The number of carbonyl (C=O) groups excluding carboxylic acids is 1. The Bertz CT molecular complexity index is 1550. The van der Waals surface area contributed by atoms with Crippen LogP contribution in [0.1, 0.15) is 21.5 Å². The van der Waals surface area contributed by atoms with Crippen molar-refractivity contribution >= 4 is 43.7 Å². The average molecular weight is 519 g/mol. The van der Waals surface area contributed by atoms with Crippen molar-refractivity contribution in [3.05, 3.63) is 77.4 Å². The van der Waals surface area contributed by atoms with E-state index in [0.717, 1.165) is 30.3 Å². The molecule has 3 aromatic rings. The molecule has 4 N–H and O–H groups in total. The Labute approximate surface area is 200 Å². The lowest BCUT2D eigenvalue weighted by Crippen LogP contribution is -2.04. The van der Waals surface area contributed by atoms with E-state index in [0.29, 0.717) is 11.8 Å². The number of hydrazone groups is 1. The Hall–Kier alpha value is -3.98. The number of hydrogen-bond donors (Lipinski definition) is 4. The number of aldehydes is 1. The van der Waals surface area contributed by atoms with E-state index in [9.17, 15) is 31.3 Å². The fourth-order valence-corrected chi connectivity index (χ4v) is 3.91. The lowest BCUT2D eigenvalue weighted by Gasteiger charge is -2.09. The summed E-state index contributed by atoms with van der Waals surface area (Å²) >= 11 is 0. The molecular weight excluding hydrogens is 500 g/mol. The minimum Gasteiger partial charge on any atom is -0.505 e. The van der Waals surface area contributed by atoms with Gasteiger partial charge in [-0.3, -0.25) is 19.3 Å². The zero-order chi connectivity index (χ0) is 25.8. The van der Waals surface area contributed by atoms with Crippen LogP contribution in [0.25, 0.3) is 0 Å². The van der Waals surface area contributed by atoms with Crippen molar-refractivity contribution in [1.82, 2.24) is 0 Å². The lowest BCUT2D eigenvalue weighted by molar-refractivity contribution is 0.112. The first kappa shape index (κ1) is 25.6. The summed E-state index contributed by atoms with van der Waals surface area (Å²) in [5.74, 6) is -0.384. The molecule has 0 spiro atoms. The summed E-state index contributed by atoms with van der Waals surface area (Å²) in [6.45, 7) is 1.42. The summed E-state index contributed by atoms with van der Waals surface area (Å²) in [6, 6.07) is 13.5. The minimum atomic E-state index is -4.56. The molecule has 0 aromatic heterocycles. The molecule has 0 saturated carbocycles. The van der Waals surface area contributed by atoms with Crippen molar-refractivity contribution in [2.24, 2.45) is 15.3 Å². The number of hydrogen-bond acceptors (Lipinski definition) is 9. The number of azo groups is 1. The molecule has 0 aliphatic carbocycles. The predicted molar refractivity (Wildman–Crippen MR) is 125 cm³/mol. The molecule has 35 heavy (non-hydrogen) atoms. The standard InChI is InChI=1S/C21H18N4O8S2/c1-13-9-17(35(31,32)33)11-19(20(13)27)23-25-21(14-5-3-2-4-6-14)24-22-18-8-7-16(34(28,29)30)10-15(18)12-26/h2-12,23,27H,1H3,(H,28,29,30)(H,31,32,33)/b24-22?,25-21-. The number of nitrogens with one attached hydrogen (secondary N) is 1. The molecule has 0 amide bonds. The molecule has 0 unspecified atom stereocenters. The number of phenols is 1. The predicted octanol–water partition coefficient (Wildman–Crippen LogP) is 3.56. The van der Waals surface area contributed by atoms with Gasteiger partial charge >= 0.3 is 0 Å². The van der Waals surface area contributed by atoms with Gasteiger partial charge in [-0.1, -0.05) is 30.3 Å². The van der Waals surface area contributed by atoms with Crippen LogP contribution in [0.3, 0.4) is 0 Å². The number of phenolic OH excluding ortho intramolecular Hbond substituents is 1. The van der Waals surface area contributed by atoms with Crippen molar-refractivity contribution in [3.63, 3.8) is 0 Å². The minimum absolute atomic E-state index is 0.0249. The maximum absolute atomic E-state index is 11.5. The van der Waals surface area contributed by atoms with E-state index in [4.69, 9.17) is 4.55 Å². The molecule has 3 rings (SSSR count). The first-order chi connectivity index (χ1) is 16.4. The van der Waals surface area contributed by atoms with E-state index in [1.54, 1.807) is 30.3 Å². The van der Waals surface area contributed by atoms with Gasteiger partial charge in [-0.15, -0.1) is 10.2 Å². The van der Waals surface area contributed by atoms with Crippen LogP contribution in [0, 0.1) is 6.92 Å². The van der Waals surface area contributed by atoms with E-state index < -0.39 is 30.0 Å². The van der Waals surface area contributed by atoms with E-state index in [2.05, 4.69) is 20.8 Å².